The third kappa shape index (κ3) is 2.64. The van der Waals surface area contributed by atoms with Gasteiger partial charge in [-0.05, 0) is 29.5 Å². The molecule has 1 aliphatic rings. The first-order valence-corrected chi connectivity index (χ1v) is 5.70. The van der Waals surface area contributed by atoms with Crippen LogP contribution in [0.1, 0.15) is 36.8 Å². The molecule has 2 N–H and O–H groups in total. The molecule has 0 aliphatic carbocycles. The lowest BCUT2D eigenvalue weighted by Gasteiger charge is -2.19. The number of carboxylic acid groups (broad SMARTS) is 1. The van der Waals surface area contributed by atoms with E-state index in [0.717, 1.165) is 23.2 Å². The summed E-state index contributed by atoms with van der Waals surface area (Å²) in [5.41, 5.74) is 2.97. The van der Waals surface area contributed by atoms with Crippen molar-refractivity contribution in [3.63, 3.8) is 0 Å². The molecule has 0 bridgehead atoms. The number of aryl methyl sites for hydroxylation is 1. The smallest absolute Gasteiger partial charge is 0.303 e. The molecule has 1 atom stereocenters. The van der Waals surface area contributed by atoms with Gasteiger partial charge >= 0.3 is 5.97 Å². The Morgan fingerprint density at radius 2 is 2.24 bits per heavy atom. The summed E-state index contributed by atoms with van der Waals surface area (Å²) in [5.74, 6) is -0.747. The molecule has 0 radical (unpaired) electrons. The third-order valence-electron chi connectivity index (χ3n) is 3.07. The summed E-state index contributed by atoms with van der Waals surface area (Å²) < 4.78 is 0. The summed E-state index contributed by atoms with van der Waals surface area (Å²) in [6, 6.07) is 5.75. The van der Waals surface area contributed by atoms with Crippen LogP contribution in [0.2, 0.25) is 0 Å². The fourth-order valence-corrected chi connectivity index (χ4v) is 2.09. The molecule has 4 nitrogen and oxygen atoms in total. The molecule has 1 aliphatic heterocycles. The second-order valence-electron chi connectivity index (χ2n) is 4.46. The number of rotatable bonds is 3. The first-order chi connectivity index (χ1) is 8.06. The van der Waals surface area contributed by atoms with Crippen LogP contribution in [0.25, 0.3) is 0 Å². The number of carboxylic acids is 1. The predicted octanol–water partition coefficient (Wildman–Crippen LogP) is 2.15. The van der Waals surface area contributed by atoms with Gasteiger partial charge in [-0.2, -0.15) is 0 Å². The van der Waals surface area contributed by atoms with Crippen molar-refractivity contribution in [2.45, 2.75) is 32.1 Å². The maximum absolute atomic E-state index is 11.2. The van der Waals surface area contributed by atoms with Crippen molar-refractivity contribution in [2.75, 3.05) is 5.32 Å². The number of carbonyl (C=O) groups excluding carboxylic acids is 1. The van der Waals surface area contributed by atoms with Crippen LogP contribution in [0.5, 0.6) is 0 Å². The van der Waals surface area contributed by atoms with Gasteiger partial charge in [0.2, 0.25) is 5.91 Å². The van der Waals surface area contributed by atoms with Gasteiger partial charge < -0.3 is 10.4 Å². The fraction of sp³-hybridized carbons (Fsp3) is 0.385. The number of benzene rings is 1. The number of nitrogens with one attached hydrogen (secondary N) is 1. The van der Waals surface area contributed by atoms with Crippen molar-refractivity contribution in [2.24, 2.45) is 0 Å². The van der Waals surface area contributed by atoms with Crippen LogP contribution in [0, 0.1) is 0 Å². The average molecular weight is 233 g/mol. The molecule has 17 heavy (non-hydrogen) atoms. The van der Waals surface area contributed by atoms with Crippen molar-refractivity contribution in [3.8, 4) is 0 Å². The van der Waals surface area contributed by atoms with Crippen molar-refractivity contribution >= 4 is 17.6 Å². The molecule has 90 valence electrons. The minimum absolute atomic E-state index is 0.00423. The number of fused-ring (bicyclic) bond motifs is 1. The van der Waals surface area contributed by atoms with E-state index in [1.807, 2.05) is 25.1 Å². The topological polar surface area (TPSA) is 66.4 Å². The van der Waals surface area contributed by atoms with Crippen LogP contribution in [-0.2, 0) is 16.0 Å². The normalized spacial score (nSPS) is 15.9. The van der Waals surface area contributed by atoms with E-state index in [1.165, 1.54) is 0 Å². The number of aliphatic carboxylic acids is 1. The molecular weight excluding hydrogens is 218 g/mol. The van der Waals surface area contributed by atoms with Crippen molar-refractivity contribution in [1.82, 2.24) is 0 Å². The molecule has 0 saturated carbocycles. The molecule has 0 fully saturated rings. The monoisotopic (exact) mass is 233 g/mol. The quantitative estimate of drug-likeness (QED) is 0.840. The molecule has 1 amide bonds. The zero-order valence-electron chi connectivity index (χ0n) is 9.69. The Morgan fingerprint density at radius 1 is 1.47 bits per heavy atom. The maximum atomic E-state index is 11.2. The van der Waals surface area contributed by atoms with Gasteiger partial charge in [0, 0.05) is 12.1 Å². The van der Waals surface area contributed by atoms with E-state index in [4.69, 9.17) is 5.11 Å². The highest BCUT2D eigenvalue weighted by Gasteiger charge is 2.17. The van der Waals surface area contributed by atoms with E-state index in [9.17, 15) is 9.59 Å². The second kappa shape index (κ2) is 4.57. The Hall–Kier alpha value is -1.84. The van der Waals surface area contributed by atoms with Crippen LogP contribution < -0.4 is 5.32 Å². The van der Waals surface area contributed by atoms with E-state index in [0.29, 0.717) is 6.42 Å². The van der Waals surface area contributed by atoms with Gasteiger partial charge in [-0.25, -0.2) is 0 Å². The van der Waals surface area contributed by atoms with E-state index in [-0.39, 0.29) is 18.2 Å². The highest BCUT2D eigenvalue weighted by Crippen LogP contribution is 2.27. The summed E-state index contributed by atoms with van der Waals surface area (Å²) in [4.78, 5) is 21.9. The molecule has 1 unspecified atom stereocenters. The van der Waals surface area contributed by atoms with E-state index in [2.05, 4.69) is 5.32 Å². The van der Waals surface area contributed by atoms with Gasteiger partial charge in [0.05, 0.1) is 6.42 Å². The molecule has 1 aromatic rings. The van der Waals surface area contributed by atoms with Crippen LogP contribution >= 0.6 is 0 Å². The summed E-state index contributed by atoms with van der Waals surface area (Å²) in [6.45, 7) is 1.90. The highest BCUT2D eigenvalue weighted by molar-refractivity contribution is 5.93. The van der Waals surface area contributed by atoms with Crippen LogP contribution in [0.3, 0.4) is 0 Å². The van der Waals surface area contributed by atoms with Gasteiger partial charge in [-0.1, -0.05) is 19.1 Å². The standard InChI is InChI=1S/C13H15NO3/c1-8(6-13(16)17)9-2-4-11-10(7-9)3-5-12(15)14-11/h2,4,7-8H,3,5-6H2,1H3,(H,14,15)(H,16,17). The molecule has 1 aromatic carbocycles. The highest BCUT2D eigenvalue weighted by atomic mass is 16.4. The maximum Gasteiger partial charge on any atom is 0.303 e. The average Bonchev–Trinajstić information content (AvgIpc) is 2.27. The molecule has 0 spiro atoms. The SMILES string of the molecule is CC(CC(=O)O)c1ccc2c(c1)CCC(=O)N2. The van der Waals surface area contributed by atoms with Crippen molar-refractivity contribution < 1.29 is 14.7 Å². The van der Waals surface area contributed by atoms with E-state index >= 15 is 0 Å². The van der Waals surface area contributed by atoms with Gasteiger partial charge in [0.25, 0.3) is 0 Å². The summed E-state index contributed by atoms with van der Waals surface area (Å²) in [5, 5.41) is 11.6. The van der Waals surface area contributed by atoms with Gasteiger partial charge in [0.1, 0.15) is 0 Å². The Morgan fingerprint density at radius 3 is 2.94 bits per heavy atom. The van der Waals surface area contributed by atoms with Crippen molar-refractivity contribution in [3.05, 3.63) is 29.3 Å². The van der Waals surface area contributed by atoms with Crippen molar-refractivity contribution in [1.29, 1.82) is 0 Å². The van der Waals surface area contributed by atoms with E-state index in [1.54, 1.807) is 0 Å². The van der Waals surface area contributed by atoms with Gasteiger partial charge in [0.15, 0.2) is 0 Å². The molecule has 0 saturated heterocycles. The zero-order chi connectivity index (χ0) is 12.4. The second-order valence-corrected chi connectivity index (χ2v) is 4.46. The minimum Gasteiger partial charge on any atom is -0.481 e. The van der Waals surface area contributed by atoms with Crippen LogP contribution in [-0.4, -0.2) is 17.0 Å². The summed E-state index contributed by atoms with van der Waals surface area (Å²) in [7, 11) is 0. The Balaban J connectivity index is 2.21. The minimum atomic E-state index is -0.788. The fourth-order valence-electron chi connectivity index (χ4n) is 2.09. The number of hydrogen-bond donors (Lipinski definition) is 2. The largest absolute Gasteiger partial charge is 0.481 e. The Labute approximate surface area is 99.6 Å². The third-order valence-corrected chi connectivity index (χ3v) is 3.07. The summed E-state index contributed by atoms with van der Waals surface area (Å²) >= 11 is 0. The Bertz CT molecular complexity index is 468. The molecule has 0 aromatic heterocycles. The predicted molar refractivity (Wildman–Crippen MR) is 64.1 cm³/mol. The van der Waals surface area contributed by atoms with Gasteiger partial charge in [-0.3, -0.25) is 9.59 Å². The lowest BCUT2D eigenvalue weighted by atomic mass is 9.93. The first-order valence-electron chi connectivity index (χ1n) is 5.70. The molecular formula is C13H15NO3. The molecule has 2 rings (SSSR count). The van der Waals surface area contributed by atoms with E-state index < -0.39 is 5.97 Å². The number of carbonyl (C=O) groups is 2. The lowest BCUT2D eigenvalue weighted by Crippen LogP contribution is -2.19. The molecule has 4 heteroatoms. The number of hydrogen-bond acceptors (Lipinski definition) is 2. The first kappa shape index (κ1) is 11.6. The summed E-state index contributed by atoms with van der Waals surface area (Å²) in [6.07, 6.45) is 1.36. The lowest BCUT2D eigenvalue weighted by molar-refractivity contribution is -0.137. The van der Waals surface area contributed by atoms with Crippen LogP contribution in [0.15, 0.2) is 18.2 Å². The zero-order valence-corrected chi connectivity index (χ0v) is 9.69. The van der Waals surface area contributed by atoms with Gasteiger partial charge in [-0.15, -0.1) is 0 Å². The molecule has 1 heterocycles. The number of anilines is 1. The Kier molecular flexibility index (Phi) is 3.13. The van der Waals surface area contributed by atoms with Crippen LogP contribution in [0.4, 0.5) is 5.69 Å². The number of amides is 1.